The molecule has 4 heteroatoms. The van der Waals surface area contributed by atoms with E-state index < -0.39 is 5.41 Å². The fourth-order valence-electron chi connectivity index (χ4n) is 2.34. The van der Waals surface area contributed by atoms with Gasteiger partial charge in [-0.3, -0.25) is 4.79 Å². The van der Waals surface area contributed by atoms with E-state index in [9.17, 15) is 4.79 Å². The van der Waals surface area contributed by atoms with E-state index in [1.54, 1.807) is 25.3 Å². The standard InChI is InChI=1S/C19H22ClNO2/c1-13-5-7-14(8-6-13)12-19(2,3)18(22)21-15-9-10-17(23-4)16(20)11-15/h5-11H,12H2,1-4H3,(H,21,22). The number of methoxy groups -OCH3 is 1. The largest absolute Gasteiger partial charge is 0.495 e. The van der Waals surface area contributed by atoms with Gasteiger partial charge in [-0.1, -0.05) is 55.3 Å². The Kier molecular flexibility index (Phi) is 5.32. The van der Waals surface area contributed by atoms with Crippen LogP contribution in [0.1, 0.15) is 25.0 Å². The fourth-order valence-corrected chi connectivity index (χ4v) is 2.60. The van der Waals surface area contributed by atoms with Crippen molar-refractivity contribution in [2.24, 2.45) is 5.41 Å². The SMILES string of the molecule is COc1ccc(NC(=O)C(C)(C)Cc2ccc(C)cc2)cc1Cl. The Morgan fingerprint density at radius 1 is 1.17 bits per heavy atom. The molecule has 0 saturated heterocycles. The maximum atomic E-state index is 12.6. The Labute approximate surface area is 142 Å². The van der Waals surface area contributed by atoms with Crippen LogP contribution in [0.2, 0.25) is 5.02 Å². The minimum atomic E-state index is -0.526. The third kappa shape index (κ3) is 4.49. The zero-order valence-corrected chi connectivity index (χ0v) is 14.7. The summed E-state index contributed by atoms with van der Waals surface area (Å²) in [5, 5.41) is 3.40. The summed E-state index contributed by atoms with van der Waals surface area (Å²) in [4.78, 5) is 12.6. The topological polar surface area (TPSA) is 38.3 Å². The Morgan fingerprint density at radius 2 is 1.83 bits per heavy atom. The van der Waals surface area contributed by atoms with Gasteiger partial charge in [-0.15, -0.1) is 0 Å². The number of halogens is 1. The van der Waals surface area contributed by atoms with Crippen molar-refractivity contribution < 1.29 is 9.53 Å². The van der Waals surface area contributed by atoms with E-state index in [4.69, 9.17) is 16.3 Å². The minimum Gasteiger partial charge on any atom is -0.495 e. The molecular formula is C19H22ClNO2. The van der Waals surface area contributed by atoms with Crippen LogP contribution in [-0.2, 0) is 11.2 Å². The van der Waals surface area contributed by atoms with Gasteiger partial charge in [0.25, 0.3) is 0 Å². The summed E-state index contributed by atoms with van der Waals surface area (Å²) in [5.41, 5.74) is 2.49. The first-order valence-electron chi connectivity index (χ1n) is 7.52. The van der Waals surface area contributed by atoms with Crippen molar-refractivity contribution >= 4 is 23.2 Å². The lowest BCUT2D eigenvalue weighted by atomic mass is 9.84. The zero-order valence-electron chi connectivity index (χ0n) is 13.9. The highest BCUT2D eigenvalue weighted by molar-refractivity contribution is 6.32. The molecule has 2 rings (SSSR count). The molecule has 0 aliphatic carbocycles. The summed E-state index contributed by atoms with van der Waals surface area (Å²) < 4.78 is 5.12. The monoisotopic (exact) mass is 331 g/mol. The van der Waals surface area contributed by atoms with Gasteiger partial charge in [-0.2, -0.15) is 0 Å². The molecule has 2 aromatic rings. The molecule has 0 spiro atoms. The van der Waals surface area contributed by atoms with Crippen LogP contribution in [0.25, 0.3) is 0 Å². The van der Waals surface area contributed by atoms with Crippen LogP contribution < -0.4 is 10.1 Å². The molecule has 0 saturated carbocycles. The lowest BCUT2D eigenvalue weighted by Crippen LogP contribution is -2.32. The molecule has 3 nitrogen and oxygen atoms in total. The summed E-state index contributed by atoms with van der Waals surface area (Å²) >= 11 is 6.10. The maximum Gasteiger partial charge on any atom is 0.230 e. The average Bonchev–Trinajstić information content (AvgIpc) is 2.49. The van der Waals surface area contributed by atoms with Gasteiger partial charge in [0, 0.05) is 11.1 Å². The molecule has 23 heavy (non-hydrogen) atoms. The quantitative estimate of drug-likeness (QED) is 0.849. The first kappa shape index (κ1) is 17.4. The summed E-state index contributed by atoms with van der Waals surface area (Å²) in [7, 11) is 1.56. The number of carbonyl (C=O) groups excluding carboxylic acids is 1. The number of amides is 1. The average molecular weight is 332 g/mol. The van der Waals surface area contributed by atoms with E-state index in [-0.39, 0.29) is 5.91 Å². The van der Waals surface area contributed by atoms with Crippen molar-refractivity contribution in [2.75, 3.05) is 12.4 Å². The molecule has 1 amide bonds. The van der Waals surface area contributed by atoms with Crippen LogP contribution in [-0.4, -0.2) is 13.0 Å². The van der Waals surface area contributed by atoms with Gasteiger partial charge in [-0.05, 0) is 37.1 Å². The lowest BCUT2D eigenvalue weighted by Gasteiger charge is -2.24. The van der Waals surface area contributed by atoms with Crippen molar-refractivity contribution in [3.63, 3.8) is 0 Å². The Bertz CT molecular complexity index is 693. The number of aryl methyl sites for hydroxylation is 1. The molecule has 1 N–H and O–H groups in total. The number of benzene rings is 2. The Hall–Kier alpha value is -2.00. The molecular weight excluding hydrogens is 310 g/mol. The number of anilines is 1. The molecule has 0 bridgehead atoms. The summed E-state index contributed by atoms with van der Waals surface area (Å²) in [6, 6.07) is 13.5. The van der Waals surface area contributed by atoms with Crippen LogP contribution in [0.15, 0.2) is 42.5 Å². The van der Waals surface area contributed by atoms with Gasteiger partial charge >= 0.3 is 0 Å². The van der Waals surface area contributed by atoms with Crippen molar-refractivity contribution in [3.8, 4) is 5.75 Å². The van der Waals surface area contributed by atoms with Crippen molar-refractivity contribution in [2.45, 2.75) is 27.2 Å². The Balaban J connectivity index is 2.08. The molecule has 0 aliphatic heterocycles. The second-order valence-electron chi connectivity index (χ2n) is 6.35. The summed E-state index contributed by atoms with van der Waals surface area (Å²) in [6.45, 7) is 5.93. The molecule has 0 atom stereocenters. The second kappa shape index (κ2) is 7.05. The normalized spacial score (nSPS) is 11.2. The smallest absolute Gasteiger partial charge is 0.230 e. The predicted octanol–water partition coefficient (Wildman–Crippen LogP) is 4.86. The van der Waals surface area contributed by atoms with E-state index in [1.807, 2.05) is 13.8 Å². The number of hydrogen-bond donors (Lipinski definition) is 1. The number of ether oxygens (including phenoxy) is 1. The van der Waals surface area contributed by atoms with Gasteiger partial charge in [0.15, 0.2) is 0 Å². The molecule has 2 aromatic carbocycles. The van der Waals surface area contributed by atoms with Gasteiger partial charge < -0.3 is 10.1 Å². The number of carbonyl (C=O) groups is 1. The number of hydrogen-bond acceptors (Lipinski definition) is 2. The molecule has 0 heterocycles. The summed E-state index contributed by atoms with van der Waals surface area (Å²) in [5.74, 6) is 0.544. The zero-order chi connectivity index (χ0) is 17.0. The Morgan fingerprint density at radius 3 is 2.39 bits per heavy atom. The third-order valence-corrected chi connectivity index (χ3v) is 4.09. The molecule has 0 unspecified atom stereocenters. The van der Waals surface area contributed by atoms with Gasteiger partial charge in [0.1, 0.15) is 5.75 Å². The molecule has 0 radical (unpaired) electrons. The van der Waals surface area contributed by atoms with E-state index >= 15 is 0 Å². The van der Waals surface area contributed by atoms with Crippen molar-refractivity contribution in [1.29, 1.82) is 0 Å². The minimum absolute atomic E-state index is 0.0423. The van der Waals surface area contributed by atoms with Crippen LogP contribution in [0, 0.1) is 12.3 Å². The lowest BCUT2D eigenvalue weighted by molar-refractivity contribution is -0.123. The van der Waals surface area contributed by atoms with E-state index in [0.29, 0.717) is 22.9 Å². The van der Waals surface area contributed by atoms with Crippen LogP contribution in [0.3, 0.4) is 0 Å². The molecule has 0 fully saturated rings. The summed E-state index contributed by atoms with van der Waals surface area (Å²) in [6.07, 6.45) is 0.670. The maximum absolute atomic E-state index is 12.6. The van der Waals surface area contributed by atoms with Crippen molar-refractivity contribution in [1.82, 2.24) is 0 Å². The van der Waals surface area contributed by atoms with Gasteiger partial charge in [0.05, 0.1) is 12.1 Å². The highest BCUT2D eigenvalue weighted by Crippen LogP contribution is 2.29. The van der Waals surface area contributed by atoms with Crippen LogP contribution in [0.5, 0.6) is 5.75 Å². The van der Waals surface area contributed by atoms with E-state index in [0.717, 1.165) is 5.56 Å². The van der Waals surface area contributed by atoms with E-state index in [1.165, 1.54) is 5.56 Å². The van der Waals surface area contributed by atoms with Crippen LogP contribution in [0.4, 0.5) is 5.69 Å². The van der Waals surface area contributed by atoms with E-state index in [2.05, 4.69) is 36.5 Å². The van der Waals surface area contributed by atoms with Gasteiger partial charge in [0.2, 0.25) is 5.91 Å². The second-order valence-corrected chi connectivity index (χ2v) is 6.76. The van der Waals surface area contributed by atoms with Gasteiger partial charge in [-0.25, -0.2) is 0 Å². The fraction of sp³-hybridized carbons (Fsp3) is 0.316. The van der Waals surface area contributed by atoms with Crippen molar-refractivity contribution in [3.05, 3.63) is 58.6 Å². The highest BCUT2D eigenvalue weighted by atomic mass is 35.5. The predicted molar refractivity (Wildman–Crippen MR) is 95.3 cm³/mol. The number of rotatable bonds is 5. The van der Waals surface area contributed by atoms with Crippen LogP contribution >= 0.6 is 11.6 Å². The molecule has 122 valence electrons. The highest BCUT2D eigenvalue weighted by Gasteiger charge is 2.28. The number of nitrogens with one attached hydrogen (secondary N) is 1. The first-order valence-corrected chi connectivity index (χ1v) is 7.90. The third-order valence-electron chi connectivity index (χ3n) is 3.79. The first-order chi connectivity index (χ1) is 10.8. The molecule has 0 aromatic heterocycles. The molecule has 0 aliphatic rings.